The number of benzene rings is 2. The van der Waals surface area contributed by atoms with Crippen molar-refractivity contribution in [2.24, 2.45) is 0 Å². The van der Waals surface area contributed by atoms with Gasteiger partial charge in [0.25, 0.3) is 0 Å². The standard InChI is InChI=1S/C15H17N/c1-5-12-10(3)11(4)15(16)13-8-6-7-9(2)14(12)13/h5-8H,1,16H2,2-4H3. The molecule has 0 aliphatic carbocycles. The topological polar surface area (TPSA) is 26.0 Å². The molecule has 0 spiro atoms. The molecule has 1 heteroatoms. The number of rotatable bonds is 1. The second-order valence-electron chi connectivity index (χ2n) is 4.28. The molecule has 0 saturated carbocycles. The summed E-state index contributed by atoms with van der Waals surface area (Å²) in [6.45, 7) is 10.2. The van der Waals surface area contributed by atoms with Crippen LogP contribution in [0.25, 0.3) is 16.8 Å². The van der Waals surface area contributed by atoms with Crippen molar-refractivity contribution in [1.82, 2.24) is 0 Å². The SMILES string of the molecule is C=Cc1c(C)c(C)c(N)c2cccc(C)c12. The van der Waals surface area contributed by atoms with E-state index in [1.54, 1.807) is 0 Å². The third kappa shape index (κ3) is 1.32. The van der Waals surface area contributed by atoms with E-state index in [1.807, 2.05) is 6.08 Å². The molecular formula is C15H17N. The second kappa shape index (κ2) is 3.67. The van der Waals surface area contributed by atoms with Crippen LogP contribution in [0.2, 0.25) is 0 Å². The number of hydrogen-bond donors (Lipinski definition) is 1. The lowest BCUT2D eigenvalue weighted by molar-refractivity contribution is 1.35. The molecule has 2 aromatic rings. The highest BCUT2D eigenvalue weighted by atomic mass is 14.6. The molecule has 16 heavy (non-hydrogen) atoms. The molecule has 0 aliphatic rings. The van der Waals surface area contributed by atoms with Gasteiger partial charge in [-0.3, -0.25) is 0 Å². The third-order valence-corrected chi connectivity index (χ3v) is 3.41. The highest BCUT2D eigenvalue weighted by Gasteiger charge is 2.11. The predicted octanol–water partition coefficient (Wildman–Crippen LogP) is 3.99. The van der Waals surface area contributed by atoms with Crippen LogP contribution in [0.1, 0.15) is 22.3 Å². The normalized spacial score (nSPS) is 10.7. The van der Waals surface area contributed by atoms with Gasteiger partial charge in [0, 0.05) is 11.1 Å². The molecule has 0 fully saturated rings. The molecule has 0 radical (unpaired) electrons. The van der Waals surface area contributed by atoms with Crippen molar-refractivity contribution in [3.63, 3.8) is 0 Å². The van der Waals surface area contributed by atoms with Crippen molar-refractivity contribution in [3.8, 4) is 0 Å². The fourth-order valence-corrected chi connectivity index (χ4v) is 2.30. The summed E-state index contributed by atoms with van der Waals surface area (Å²) >= 11 is 0. The van der Waals surface area contributed by atoms with E-state index in [2.05, 4.69) is 45.5 Å². The minimum Gasteiger partial charge on any atom is -0.398 e. The van der Waals surface area contributed by atoms with Crippen molar-refractivity contribution < 1.29 is 0 Å². The van der Waals surface area contributed by atoms with Gasteiger partial charge in [0.1, 0.15) is 0 Å². The van der Waals surface area contributed by atoms with Gasteiger partial charge in [0.2, 0.25) is 0 Å². The summed E-state index contributed by atoms with van der Waals surface area (Å²) in [5, 5.41) is 2.37. The van der Waals surface area contributed by atoms with Crippen LogP contribution >= 0.6 is 0 Å². The van der Waals surface area contributed by atoms with Crippen LogP contribution in [0, 0.1) is 20.8 Å². The number of nitrogens with two attached hydrogens (primary N) is 1. The summed E-state index contributed by atoms with van der Waals surface area (Å²) in [4.78, 5) is 0. The number of nitrogen functional groups attached to an aromatic ring is 1. The Balaban J connectivity index is 3.11. The predicted molar refractivity (Wildman–Crippen MR) is 72.7 cm³/mol. The molecule has 0 heterocycles. The van der Waals surface area contributed by atoms with Crippen molar-refractivity contribution in [3.05, 3.63) is 47.0 Å². The van der Waals surface area contributed by atoms with Gasteiger partial charge in [-0.1, -0.05) is 30.9 Å². The Bertz CT molecular complexity index is 580. The van der Waals surface area contributed by atoms with Gasteiger partial charge in [-0.05, 0) is 48.4 Å². The van der Waals surface area contributed by atoms with Crippen molar-refractivity contribution in [2.45, 2.75) is 20.8 Å². The zero-order valence-corrected chi connectivity index (χ0v) is 10.1. The van der Waals surface area contributed by atoms with Crippen LogP contribution in [0.3, 0.4) is 0 Å². The lowest BCUT2D eigenvalue weighted by atomic mass is 9.91. The molecule has 0 aliphatic heterocycles. The quantitative estimate of drug-likeness (QED) is 0.709. The van der Waals surface area contributed by atoms with Gasteiger partial charge in [-0.15, -0.1) is 0 Å². The molecular weight excluding hydrogens is 194 g/mol. The molecule has 0 atom stereocenters. The Kier molecular flexibility index (Phi) is 2.47. The van der Waals surface area contributed by atoms with Crippen LogP contribution in [0.15, 0.2) is 24.8 Å². The summed E-state index contributed by atoms with van der Waals surface area (Å²) in [5.74, 6) is 0. The van der Waals surface area contributed by atoms with Crippen LogP contribution in [0.4, 0.5) is 5.69 Å². The van der Waals surface area contributed by atoms with E-state index in [1.165, 1.54) is 22.1 Å². The molecule has 82 valence electrons. The maximum atomic E-state index is 6.18. The molecule has 0 saturated heterocycles. The summed E-state index contributed by atoms with van der Waals surface area (Å²) in [7, 11) is 0. The number of anilines is 1. The van der Waals surface area contributed by atoms with Gasteiger partial charge in [-0.2, -0.15) is 0 Å². The van der Waals surface area contributed by atoms with E-state index in [4.69, 9.17) is 5.73 Å². The smallest absolute Gasteiger partial charge is 0.0426 e. The molecule has 2 aromatic carbocycles. The molecule has 0 bridgehead atoms. The summed E-state index contributed by atoms with van der Waals surface area (Å²) in [6, 6.07) is 6.25. The molecule has 2 rings (SSSR count). The van der Waals surface area contributed by atoms with Crippen LogP contribution in [-0.2, 0) is 0 Å². The Morgan fingerprint density at radius 3 is 2.44 bits per heavy atom. The number of hydrogen-bond acceptors (Lipinski definition) is 1. The maximum absolute atomic E-state index is 6.18. The van der Waals surface area contributed by atoms with Crippen LogP contribution < -0.4 is 5.73 Å². The van der Waals surface area contributed by atoms with Gasteiger partial charge in [0.05, 0.1) is 0 Å². The lowest BCUT2D eigenvalue weighted by Gasteiger charge is -2.15. The minimum atomic E-state index is 0.891. The minimum absolute atomic E-state index is 0.891. The summed E-state index contributed by atoms with van der Waals surface area (Å²) in [6.07, 6.45) is 1.93. The molecule has 0 unspecified atom stereocenters. The average Bonchev–Trinajstić information content (AvgIpc) is 2.28. The Hall–Kier alpha value is -1.76. The highest BCUT2D eigenvalue weighted by Crippen LogP contribution is 2.34. The van der Waals surface area contributed by atoms with Gasteiger partial charge in [0.15, 0.2) is 0 Å². The van der Waals surface area contributed by atoms with E-state index >= 15 is 0 Å². The van der Waals surface area contributed by atoms with E-state index in [0.29, 0.717) is 0 Å². The second-order valence-corrected chi connectivity index (χ2v) is 4.28. The number of fused-ring (bicyclic) bond motifs is 1. The first-order valence-corrected chi connectivity index (χ1v) is 5.48. The highest BCUT2D eigenvalue weighted by molar-refractivity contribution is 6.02. The zero-order chi connectivity index (χ0) is 11.9. The lowest BCUT2D eigenvalue weighted by Crippen LogP contribution is -1.98. The first-order valence-electron chi connectivity index (χ1n) is 5.48. The van der Waals surface area contributed by atoms with Crippen LogP contribution in [0.5, 0.6) is 0 Å². The van der Waals surface area contributed by atoms with E-state index in [-0.39, 0.29) is 0 Å². The Labute approximate surface area is 96.6 Å². The fraction of sp³-hybridized carbons (Fsp3) is 0.200. The maximum Gasteiger partial charge on any atom is 0.0426 e. The van der Waals surface area contributed by atoms with E-state index in [0.717, 1.165) is 16.6 Å². The summed E-state index contributed by atoms with van der Waals surface area (Å²) in [5.41, 5.74) is 11.9. The third-order valence-electron chi connectivity index (χ3n) is 3.41. The van der Waals surface area contributed by atoms with Crippen molar-refractivity contribution >= 4 is 22.5 Å². The van der Waals surface area contributed by atoms with E-state index < -0.39 is 0 Å². The van der Waals surface area contributed by atoms with Crippen LogP contribution in [-0.4, -0.2) is 0 Å². The largest absolute Gasteiger partial charge is 0.398 e. The summed E-state index contributed by atoms with van der Waals surface area (Å²) < 4.78 is 0. The first kappa shape index (κ1) is 10.7. The van der Waals surface area contributed by atoms with E-state index in [9.17, 15) is 0 Å². The average molecular weight is 211 g/mol. The first-order chi connectivity index (χ1) is 7.57. The molecule has 2 N–H and O–H groups in total. The monoisotopic (exact) mass is 211 g/mol. The molecule has 1 nitrogen and oxygen atoms in total. The fourth-order valence-electron chi connectivity index (χ4n) is 2.30. The molecule has 0 aromatic heterocycles. The van der Waals surface area contributed by atoms with Crippen molar-refractivity contribution in [1.29, 1.82) is 0 Å². The Morgan fingerprint density at radius 1 is 1.12 bits per heavy atom. The van der Waals surface area contributed by atoms with Gasteiger partial charge < -0.3 is 5.73 Å². The number of aryl methyl sites for hydroxylation is 1. The Morgan fingerprint density at radius 2 is 1.81 bits per heavy atom. The molecule has 0 amide bonds. The van der Waals surface area contributed by atoms with Gasteiger partial charge in [-0.25, -0.2) is 0 Å². The van der Waals surface area contributed by atoms with Gasteiger partial charge >= 0.3 is 0 Å². The van der Waals surface area contributed by atoms with Crippen molar-refractivity contribution in [2.75, 3.05) is 5.73 Å². The zero-order valence-electron chi connectivity index (χ0n) is 10.1.